The molecule has 0 spiro atoms. The Morgan fingerprint density at radius 3 is 0.866 bits per heavy atom. The Bertz CT molecular complexity index is 8410. The monoisotopic (exact) mass is 1650 g/mol. The summed E-state index contributed by atoms with van der Waals surface area (Å²) in [5.41, 5.74) is 28.9. The molecule has 0 saturated carbocycles. The van der Waals surface area contributed by atoms with E-state index in [4.69, 9.17) is 21.8 Å². The number of nitrogens with zero attached hydrogens (tertiary/aromatic N) is 8. The SMILES string of the molecule is Cc1c(-c2cc(-c3ccc(F)cc3)cc[n+]2C)c2oc3ncccc3c2c2ccccc12.Cc1c(-c2cc(-c3ccccc3)cc[n+]2C)c2oc3ncccc3c2c2ccccc12.Cc1ccc(-c2cc[n+](C)c(-c3c(C)c4ccccc4c4c3oc3ncccc34)c2)cc1.[2H]C([2H])([2H])c1c[n+](C)c(-c2c(C)c3ccccc3c3c2oc2ncccc23)cc1-c1ccccc1. The van der Waals surface area contributed by atoms with E-state index in [-0.39, 0.29) is 5.82 Å². The van der Waals surface area contributed by atoms with Crippen LogP contribution in [0.5, 0.6) is 0 Å². The van der Waals surface area contributed by atoms with E-state index >= 15 is 0 Å². The van der Waals surface area contributed by atoms with Crippen LogP contribution in [0.2, 0.25) is 0 Å². The molecule has 12 aromatic heterocycles. The molecule has 13 heteroatoms. The van der Waals surface area contributed by atoms with E-state index in [1.165, 1.54) is 78.0 Å². The van der Waals surface area contributed by atoms with Crippen LogP contribution in [0.15, 0.2) is 364 Å². The Labute approximate surface area is 736 Å². The smallest absolute Gasteiger partial charge is 0.227 e. The Morgan fingerprint density at radius 2 is 0.543 bits per heavy atom. The van der Waals surface area contributed by atoms with E-state index in [1.54, 1.807) is 31.0 Å². The van der Waals surface area contributed by atoms with E-state index < -0.39 is 6.85 Å². The molecule has 12 heterocycles. The minimum atomic E-state index is -2.25. The lowest BCUT2D eigenvalue weighted by Crippen LogP contribution is -2.31. The molecular formula is C114H87FN8O4+4. The molecule has 610 valence electrons. The molecule has 0 N–H and O–H groups in total. The lowest BCUT2D eigenvalue weighted by atomic mass is 9.92. The third-order valence-electron chi connectivity index (χ3n) is 25.2. The van der Waals surface area contributed by atoms with Crippen LogP contribution in [-0.4, -0.2) is 19.9 Å². The lowest BCUT2D eigenvalue weighted by Gasteiger charge is -2.13. The van der Waals surface area contributed by atoms with E-state index in [1.807, 2.05) is 128 Å². The van der Waals surface area contributed by atoms with Crippen LogP contribution in [0.3, 0.4) is 0 Å². The molecule has 0 aliphatic heterocycles. The Kier molecular flexibility index (Phi) is 18.9. The Hall–Kier alpha value is -16.0. The summed E-state index contributed by atoms with van der Waals surface area (Å²) in [6.45, 7) is 8.48. The highest BCUT2D eigenvalue weighted by Gasteiger charge is 2.31. The second-order valence-corrected chi connectivity index (χ2v) is 32.8. The van der Waals surface area contributed by atoms with Crippen molar-refractivity contribution in [3.8, 4) is 89.5 Å². The number of pyridine rings is 8. The summed E-state index contributed by atoms with van der Waals surface area (Å²) < 4.78 is 71.9. The fourth-order valence-corrected chi connectivity index (χ4v) is 18.8. The van der Waals surface area contributed by atoms with Gasteiger partial charge in [0.15, 0.2) is 47.1 Å². The van der Waals surface area contributed by atoms with Gasteiger partial charge in [0.25, 0.3) is 0 Å². The van der Waals surface area contributed by atoms with Gasteiger partial charge < -0.3 is 17.7 Å². The molecule has 12 nitrogen and oxygen atoms in total. The van der Waals surface area contributed by atoms with Gasteiger partial charge in [-0.1, -0.05) is 200 Å². The molecule has 0 aliphatic rings. The Balaban J connectivity index is 0.000000105. The average Bonchev–Trinajstić information content (AvgIpc) is 1.52. The van der Waals surface area contributed by atoms with Crippen molar-refractivity contribution in [1.82, 2.24) is 19.9 Å². The van der Waals surface area contributed by atoms with Crippen LogP contribution in [-0.2, 0) is 28.2 Å². The molecule has 0 amide bonds. The maximum absolute atomic E-state index is 13.5. The van der Waals surface area contributed by atoms with Crippen molar-refractivity contribution in [2.24, 2.45) is 28.2 Å². The van der Waals surface area contributed by atoms with Gasteiger partial charge in [0, 0.05) is 120 Å². The number of hydrogen-bond donors (Lipinski definition) is 0. The molecule has 0 saturated heterocycles. The zero-order valence-corrected chi connectivity index (χ0v) is 71.5. The van der Waals surface area contributed by atoms with Crippen LogP contribution >= 0.6 is 0 Å². The second-order valence-electron chi connectivity index (χ2n) is 32.8. The average molecular weight is 1660 g/mol. The molecule has 0 radical (unpaired) electrons. The van der Waals surface area contributed by atoms with Crippen LogP contribution in [0.25, 0.3) is 221 Å². The van der Waals surface area contributed by atoms with Crippen LogP contribution < -0.4 is 18.3 Å². The summed E-state index contributed by atoms with van der Waals surface area (Å²) in [5, 5.41) is 17.9. The molecule has 12 aromatic carbocycles. The zero-order valence-electron chi connectivity index (χ0n) is 74.5. The van der Waals surface area contributed by atoms with E-state index in [0.717, 1.165) is 154 Å². The maximum Gasteiger partial charge on any atom is 0.227 e. The quantitative estimate of drug-likeness (QED) is 0.138. The molecule has 0 unspecified atom stereocenters. The number of benzene rings is 12. The third-order valence-corrected chi connectivity index (χ3v) is 25.2. The minimum absolute atomic E-state index is 0.239. The highest BCUT2D eigenvalue weighted by molar-refractivity contribution is 6.27. The van der Waals surface area contributed by atoms with Crippen molar-refractivity contribution < 1.29 is 44.4 Å². The van der Waals surface area contributed by atoms with Gasteiger partial charge in [0.05, 0.1) is 22.3 Å². The van der Waals surface area contributed by atoms with Crippen molar-refractivity contribution in [2.75, 3.05) is 0 Å². The number of fused-ring (bicyclic) bond motifs is 20. The van der Waals surface area contributed by atoms with Gasteiger partial charge in [0.1, 0.15) is 34.0 Å². The number of hydrogen-bond acceptors (Lipinski definition) is 8. The summed E-state index contributed by atoms with van der Waals surface area (Å²) in [7, 11) is 8.10. The van der Waals surface area contributed by atoms with E-state index in [0.29, 0.717) is 34.0 Å². The summed E-state index contributed by atoms with van der Waals surface area (Å²) in [4.78, 5) is 18.0. The number of furan rings is 4. The van der Waals surface area contributed by atoms with E-state index in [9.17, 15) is 4.39 Å². The zero-order chi connectivity index (χ0) is 88.9. The van der Waals surface area contributed by atoms with Crippen molar-refractivity contribution in [3.63, 3.8) is 0 Å². The molecule has 0 atom stereocenters. The van der Waals surface area contributed by atoms with Gasteiger partial charge in [-0.15, -0.1) is 0 Å². The van der Waals surface area contributed by atoms with Gasteiger partial charge in [-0.2, -0.15) is 0 Å². The largest absolute Gasteiger partial charge is 0.437 e. The molecule has 24 aromatic rings. The predicted molar refractivity (Wildman–Crippen MR) is 513 cm³/mol. The molecule has 24 rings (SSSR count). The van der Waals surface area contributed by atoms with Crippen molar-refractivity contribution >= 4 is 131 Å². The molecule has 0 aliphatic carbocycles. The van der Waals surface area contributed by atoms with Gasteiger partial charge in [-0.3, -0.25) is 0 Å². The minimum Gasteiger partial charge on any atom is -0.437 e. The maximum atomic E-state index is 13.5. The fourth-order valence-electron chi connectivity index (χ4n) is 18.8. The number of halogens is 1. The van der Waals surface area contributed by atoms with E-state index in [2.05, 4.69) is 277 Å². The number of rotatable bonds is 8. The highest BCUT2D eigenvalue weighted by Crippen LogP contribution is 2.49. The summed E-state index contributed by atoms with van der Waals surface area (Å²) >= 11 is 0. The lowest BCUT2D eigenvalue weighted by molar-refractivity contribution is -0.660. The van der Waals surface area contributed by atoms with Crippen LogP contribution in [0.1, 0.15) is 37.5 Å². The standard InChI is InChI=1S/2C29H23N2O.C28H20FN2O.C28H21N2O/c1-18-10-12-20(13-11-18)21-14-16-31(3)25(17-21)26-19(2)22-7-4-5-8-23(22)27-24-9-6-15-30-29(24)32-28(26)27;1-18-17-31(3)25(16-24(18)20-10-5-4-6-11-20)26-19(2)21-12-7-8-13-22(21)27-23-14-9-15-30-29(23)32-28(26)27;1-17-21-6-3-4-7-22(21)26-23-8-5-14-30-28(23)32-27(26)25(17)24-16-19(13-15-31(24)2)18-9-11-20(29)12-10-18;1-18-21-11-6-7-12-22(21)26-23-13-8-15-29-28(23)31-27(26)25(18)24-17-20(14-16-30(24)2)19-9-4-3-5-10-19/h2*4-17H,1-3H3;3-16H,1-2H3;3-17H,1-2H3/q4*+1/i;1D3;;. The first-order chi connectivity index (χ1) is 63.3. The second kappa shape index (κ2) is 32.0. The topological polar surface area (TPSA) is 120 Å². The Morgan fingerprint density at radius 1 is 0.268 bits per heavy atom. The summed E-state index contributed by atoms with van der Waals surface area (Å²) in [5.74, 6) is -0.239. The van der Waals surface area contributed by atoms with Crippen molar-refractivity contribution in [1.29, 1.82) is 0 Å². The first-order valence-corrected chi connectivity index (χ1v) is 42.5. The van der Waals surface area contributed by atoms with Gasteiger partial charge >= 0.3 is 0 Å². The van der Waals surface area contributed by atoms with Crippen LogP contribution in [0, 0.1) is 47.3 Å². The molecular weight excluding hydrogens is 1560 g/mol. The van der Waals surface area contributed by atoms with Gasteiger partial charge in [0.2, 0.25) is 45.6 Å². The first-order valence-electron chi connectivity index (χ1n) is 44.0. The summed E-state index contributed by atoms with van der Waals surface area (Å²) in [6, 6.07) is 100. The summed E-state index contributed by atoms with van der Waals surface area (Å²) in [6.07, 6.45) is 15.1. The normalized spacial score (nSPS) is 12.0. The predicted octanol–water partition coefficient (Wildman–Crippen LogP) is 27.2. The van der Waals surface area contributed by atoms with Crippen LogP contribution in [0.4, 0.5) is 4.39 Å². The number of aryl methyl sites for hydroxylation is 10. The third kappa shape index (κ3) is 13.6. The molecule has 0 bridgehead atoms. The molecule has 127 heavy (non-hydrogen) atoms. The highest BCUT2D eigenvalue weighted by atomic mass is 19.1. The molecule has 0 fully saturated rings. The fraction of sp³-hybridized carbons (Fsp3) is 0.0877. The van der Waals surface area contributed by atoms with Gasteiger partial charge in [-0.05, 0) is 212 Å². The van der Waals surface area contributed by atoms with Gasteiger partial charge in [-0.25, -0.2) is 42.6 Å². The van der Waals surface area contributed by atoms with Crippen molar-refractivity contribution in [3.05, 3.63) is 386 Å². The van der Waals surface area contributed by atoms with Crippen molar-refractivity contribution in [2.45, 2.75) is 41.5 Å². The number of aromatic nitrogens is 8. The first kappa shape index (κ1) is 74.8.